The number of carbonyl (C=O) groups excluding carboxylic acids is 2. The fourth-order valence-electron chi connectivity index (χ4n) is 2.15. The van der Waals surface area contributed by atoms with Crippen molar-refractivity contribution in [2.45, 2.75) is 19.0 Å². The molecule has 1 heterocycles. The van der Waals surface area contributed by atoms with Gasteiger partial charge in [0.1, 0.15) is 12.4 Å². The van der Waals surface area contributed by atoms with Gasteiger partial charge in [-0.25, -0.2) is 9.07 Å². The van der Waals surface area contributed by atoms with E-state index < -0.39 is 30.2 Å². The standard InChI is InChI=1S/C16H17ClFN5O4/c1-22(2)14(24)8-23-7-13(20-21-23)16(27)19-12(6-15(25)26)9-3-4-10(17)11(18)5-9/h3-5,7,12H,6,8H2,1-2H3,(H,19,27)(H,25,26). The summed E-state index contributed by atoms with van der Waals surface area (Å²) in [5, 5.41) is 18.8. The van der Waals surface area contributed by atoms with Crippen LogP contribution in [0.2, 0.25) is 5.02 Å². The molecule has 1 atom stereocenters. The molecule has 0 fully saturated rings. The number of rotatable bonds is 7. The molecule has 2 rings (SSSR count). The van der Waals surface area contributed by atoms with Gasteiger partial charge in [0.15, 0.2) is 5.69 Å². The van der Waals surface area contributed by atoms with Gasteiger partial charge in [-0.05, 0) is 17.7 Å². The first-order valence-corrected chi connectivity index (χ1v) is 8.13. The van der Waals surface area contributed by atoms with Gasteiger partial charge < -0.3 is 15.3 Å². The quantitative estimate of drug-likeness (QED) is 0.722. The number of nitrogens with zero attached hydrogens (tertiary/aromatic N) is 4. The third-order valence-electron chi connectivity index (χ3n) is 3.60. The van der Waals surface area contributed by atoms with E-state index in [1.54, 1.807) is 14.1 Å². The van der Waals surface area contributed by atoms with E-state index in [4.69, 9.17) is 16.7 Å². The lowest BCUT2D eigenvalue weighted by Gasteiger charge is -2.17. The van der Waals surface area contributed by atoms with E-state index in [1.165, 1.54) is 27.9 Å². The van der Waals surface area contributed by atoms with Crippen LogP contribution in [0.1, 0.15) is 28.5 Å². The van der Waals surface area contributed by atoms with Crippen LogP contribution in [0.3, 0.4) is 0 Å². The maximum atomic E-state index is 13.7. The number of carbonyl (C=O) groups is 3. The van der Waals surface area contributed by atoms with Crippen LogP contribution in [-0.2, 0) is 16.1 Å². The Morgan fingerprint density at radius 2 is 2.07 bits per heavy atom. The first kappa shape index (κ1) is 20.3. The highest BCUT2D eigenvalue weighted by molar-refractivity contribution is 6.30. The molecule has 0 aliphatic carbocycles. The summed E-state index contributed by atoms with van der Waals surface area (Å²) in [5.41, 5.74) is 0.134. The summed E-state index contributed by atoms with van der Waals surface area (Å²) in [5.74, 6) is -2.87. The van der Waals surface area contributed by atoms with Crippen molar-refractivity contribution >= 4 is 29.4 Å². The molecule has 0 saturated heterocycles. The van der Waals surface area contributed by atoms with Crippen molar-refractivity contribution in [3.05, 3.63) is 46.5 Å². The number of aliphatic carboxylic acids is 1. The summed E-state index contributed by atoms with van der Waals surface area (Å²) < 4.78 is 14.9. The first-order chi connectivity index (χ1) is 12.7. The Morgan fingerprint density at radius 3 is 2.67 bits per heavy atom. The molecule has 0 saturated carbocycles. The average molecular weight is 398 g/mol. The van der Waals surface area contributed by atoms with Gasteiger partial charge >= 0.3 is 5.97 Å². The molecule has 1 aromatic carbocycles. The highest BCUT2D eigenvalue weighted by Crippen LogP contribution is 2.23. The Balaban J connectivity index is 2.16. The third-order valence-corrected chi connectivity index (χ3v) is 3.90. The number of nitrogens with one attached hydrogen (secondary N) is 1. The molecule has 0 spiro atoms. The Hall–Kier alpha value is -3.01. The summed E-state index contributed by atoms with van der Waals surface area (Å²) in [4.78, 5) is 36.5. The molecular weight excluding hydrogens is 381 g/mol. The molecule has 1 aromatic heterocycles. The van der Waals surface area contributed by atoms with Gasteiger partial charge in [0.05, 0.1) is 23.7 Å². The lowest BCUT2D eigenvalue weighted by atomic mass is 10.0. The minimum absolute atomic E-state index is 0.103. The Kier molecular flexibility index (Phi) is 6.45. The van der Waals surface area contributed by atoms with E-state index in [0.717, 1.165) is 6.07 Å². The molecule has 0 radical (unpaired) electrons. The Morgan fingerprint density at radius 1 is 1.37 bits per heavy atom. The van der Waals surface area contributed by atoms with Gasteiger partial charge in [-0.3, -0.25) is 14.4 Å². The van der Waals surface area contributed by atoms with Crippen LogP contribution in [0.25, 0.3) is 0 Å². The van der Waals surface area contributed by atoms with Crippen molar-refractivity contribution in [3.63, 3.8) is 0 Å². The van der Waals surface area contributed by atoms with Gasteiger partial charge in [0, 0.05) is 14.1 Å². The van der Waals surface area contributed by atoms with Crippen LogP contribution in [0, 0.1) is 5.82 Å². The second-order valence-electron chi connectivity index (χ2n) is 5.89. The minimum atomic E-state index is -1.18. The number of aromatic nitrogens is 3. The SMILES string of the molecule is CN(C)C(=O)Cn1cc(C(=O)NC(CC(=O)O)c2ccc(Cl)c(F)c2)nn1. The van der Waals surface area contributed by atoms with Crippen molar-refractivity contribution in [1.82, 2.24) is 25.2 Å². The predicted molar refractivity (Wildman–Crippen MR) is 92.6 cm³/mol. The van der Waals surface area contributed by atoms with Crippen molar-refractivity contribution in [2.24, 2.45) is 0 Å². The van der Waals surface area contributed by atoms with Gasteiger partial charge in [-0.2, -0.15) is 0 Å². The number of hydrogen-bond donors (Lipinski definition) is 2. The van der Waals surface area contributed by atoms with Crippen molar-refractivity contribution in [2.75, 3.05) is 14.1 Å². The van der Waals surface area contributed by atoms with Crippen LogP contribution in [0.5, 0.6) is 0 Å². The molecule has 0 bridgehead atoms. The summed E-state index contributed by atoms with van der Waals surface area (Å²) in [6.07, 6.45) is 0.789. The van der Waals surface area contributed by atoms with E-state index >= 15 is 0 Å². The van der Waals surface area contributed by atoms with Gasteiger partial charge in [0.2, 0.25) is 5.91 Å². The van der Waals surface area contributed by atoms with Gasteiger partial charge in [0.25, 0.3) is 5.91 Å². The van der Waals surface area contributed by atoms with Crippen LogP contribution < -0.4 is 5.32 Å². The first-order valence-electron chi connectivity index (χ1n) is 7.75. The molecule has 2 aromatic rings. The molecule has 1 unspecified atom stereocenters. The fraction of sp³-hybridized carbons (Fsp3) is 0.312. The number of carboxylic acids is 1. The van der Waals surface area contributed by atoms with E-state index in [1.807, 2.05) is 0 Å². The van der Waals surface area contributed by atoms with Crippen molar-refractivity contribution in [1.29, 1.82) is 0 Å². The lowest BCUT2D eigenvalue weighted by Crippen LogP contribution is -2.30. The summed E-state index contributed by atoms with van der Waals surface area (Å²) in [6, 6.07) is 2.75. The smallest absolute Gasteiger partial charge is 0.305 e. The minimum Gasteiger partial charge on any atom is -0.481 e. The number of halogens is 2. The maximum absolute atomic E-state index is 13.7. The molecule has 0 aliphatic heterocycles. The molecule has 11 heteroatoms. The number of likely N-dealkylation sites (N-methyl/N-ethyl adjacent to an activating group) is 1. The van der Waals surface area contributed by atoms with E-state index in [9.17, 15) is 18.8 Å². The topological polar surface area (TPSA) is 117 Å². The normalized spacial score (nSPS) is 11.7. The van der Waals surface area contributed by atoms with Crippen LogP contribution in [0.4, 0.5) is 4.39 Å². The molecule has 9 nitrogen and oxygen atoms in total. The third kappa shape index (κ3) is 5.48. The number of hydrogen-bond acceptors (Lipinski definition) is 5. The van der Waals surface area contributed by atoms with Gasteiger partial charge in [-0.15, -0.1) is 5.10 Å². The van der Waals surface area contributed by atoms with Crippen molar-refractivity contribution < 1.29 is 23.9 Å². The molecular formula is C16H17ClFN5O4. The molecule has 2 amide bonds. The number of carboxylic acid groups (broad SMARTS) is 1. The van der Waals surface area contributed by atoms with E-state index in [-0.39, 0.29) is 28.7 Å². The lowest BCUT2D eigenvalue weighted by molar-refractivity contribution is -0.137. The second kappa shape index (κ2) is 8.58. The Bertz CT molecular complexity index is 870. The number of amides is 2. The Labute approximate surface area is 158 Å². The zero-order valence-corrected chi connectivity index (χ0v) is 15.3. The maximum Gasteiger partial charge on any atom is 0.305 e. The molecule has 0 aliphatic rings. The summed E-state index contributed by atoms with van der Waals surface area (Å²) >= 11 is 5.63. The molecule has 144 valence electrons. The zero-order chi connectivity index (χ0) is 20.1. The van der Waals surface area contributed by atoms with Crippen molar-refractivity contribution in [3.8, 4) is 0 Å². The highest BCUT2D eigenvalue weighted by atomic mass is 35.5. The van der Waals surface area contributed by atoms with Gasteiger partial charge in [-0.1, -0.05) is 22.9 Å². The van der Waals surface area contributed by atoms with Crippen LogP contribution in [0.15, 0.2) is 24.4 Å². The second-order valence-corrected chi connectivity index (χ2v) is 6.29. The molecule has 27 heavy (non-hydrogen) atoms. The monoisotopic (exact) mass is 397 g/mol. The summed E-state index contributed by atoms with van der Waals surface area (Å²) in [6.45, 7) is -0.103. The summed E-state index contributed by atoms with van der Waals surface area (Å²) in [7, 11) is 3.16. The van der Waals surface area contributed by atoms with Crippen LogP contribution in [-0.4, -0.2) is 56.9 Å². The molecule has 2 N–H and O–H groups in total. The van der Waals surface area contributed by atoms with E-state index in [0.29, 0.717) is 0 Å². The fourth-order valence-corrected chi connectivity index (χ4v) is 2.27. The number of benzene rings is 1. The zero-order valence-electron chi connectivity index (χ0n) is 14.5. The highest BCUT2D eigenvalue weighted by Gasteiger charge is 2.22. The van der Waals surface area contributed by atoms with E-state index in [2.05, 4.69) is 15.6 Å². The average Bonchev–Trinajstić information content (AvgIpc) is 3.04. The van der Waals surface area contributed by atoms with Crippen LogP contribution >= 0.6 is 11.6 Å². The predicted octanol–water partition coefficient (Wildman–Crippen LogP) is 1.10. The largest absolute Gasteiger partial charge is 0.481 e.